The quantitative estimate of drug-likeness (QED) is 0.709. The molecule has 0 unspecified atom stereocenters. The molecule has 2 heteroatoms. The number of anilines is 1. The van der Waals surface area contributed by atoms with Gasteiger partial charge in [-0.15, -0.1) is 0 Å². The summed E-state index contributed by atoms with van der Waals surface area (Å²) in [5, 5.41) is 1.03. The zero-order valence-electron chi connectivity index (χ0n) is 9.41. The summed E-state index contributed by atoms with van der Waals surface area (Å²) >= 11 is 0. The van der Waals surface area contributed by atoms with Gasteiger partial charge < -0.3 is 5.73 Å². The third-order valence-corrected chi connectivity index (χ3v) is 2.52. The maximum Gasteiger partial charge on any atom is 0.0726 e. The van der Waals surface area contributed by atoms with E-state index in [9.17, 15) is 0 Å². The van der Waals surface area contributed by atoms with E-state index in [0.29, 0.717) is 0 Å². The van der Waals surface area contributed by atoms with Crippen molar-refractivity contribution in [3.8, 4) is 0 Å². The van der Waals surface area contributed by atoms with Gasteiger partial charge in [0.25, 0.3) is 0 Å². The van der Waals surface area contributed by atoms with Crippen LogP contribution in [0, 0.1) is 0 Å². The van der Waals surface area contributed by atoms with Crippen molar-refractivity contribution in [1.82, 2.24) is 4.98 Å². The molecule has 0 amide bonds. The SMILES string of the molecule is CC(C)(C)c1cc(N)c2ccccc2n1. The van der Waals surface area contributed by atoms with Gasteiger partial charge in [-0.2, -0.15) is 0 Å². The van der Waals surface area contributed by atoms with Crippen molar-refractivity contribution < 1.29 is 0 Å². The van der Waals surface area contributed by atoms with E-state index in [-0.39, 0.29) is 5.41 Å². The third kappa shape index (κ3) is 1.80. The Hall–Kier alpha value is -1.57. The molecule has 0 radical (unpaired) electrons. The third-order valence-electron chi connectivity index (χ3n) is 2.52. The zero-order chi connectivity index (χ0) is 11.1. The molecule has 0 aliphatic carbocycles. The van der Waals surface area contributed by atoms with Crippen LogP contribution in [0.2, 0.25) is 0 Å². The first-order valence-electron chi connectivity index (χ1n) is 5.14. The standard InChI is InChI=1S/C13H16N2/c1-13(2,3)12-8-10(14)9-6-4-5-7-11(9)15-12/h4-8H,1-3H3,(H2,14,15). The first-order valence-corrected chi connectivity index (χ1v) is 5.14. The van der Waals surface area contributed by atoms with Gasteiger partial charge in [0.1, 0.15) is 0 Å². The fourth-order valence-electron chi connectivity index (χ4n) is 1.59. The number of nitrogens with zero attached hydrogens (tertiary/aromatic N) is 1. The van der Waals surface area contributed by atoms with Crippen LogP contribution in [0.4, 0.5) is 5.69 Å². The van der Waals surface area contributed by atoms with Gasteiger partial charge in [-0.25, -0.2) is 0 Å². The summed E-state index contributed by atoms with van der Waals surface area (Å²) in [5.74, 6) is 0. The summed E-state index contributed by atoms with van der Waals surface area (Å²) in [4.78, 5) is 4.63. The minimum atomic E-state index is 0.0398. The van der Waals surface area contributed by atoms with Gasteiger partial charge in [0.05, 0.1) is 5.52 Å². The van der Waals surface area contributed by atoms with Crippen LogP contribution in [0.5, 0.6) is 0 Å². The lowest BCUT2D eigenvalue weighted by Crippen LogP contribution is -2.14. The summed E-state index contributed by atoms with van der Waals surface area (Å²) in [5.41, 5.74) is 8.88. The van der Waals surface area contributed by atoms with Crippen molar-refractivity contribution in [3.05, 3.63) is 36.0 Å². The second kappa shape index (κ2) is 3.23. The van der Waals surface area contributed by atoms with Gasteiger partial charge in [0.15, 0.2) is 0 Å². The van der Waals surface area contributed by atoms with Crippen LogP contribution in [0.1, 0.15) is 26.5 Å². The van der Waals surface area contributed by atoms with Crippen molar-refractivity contribution in [2.75, 3.05) is 5.73 Å². The topological polar surface area (TPSA) is 38.9 Å². The van der Waals surface area contributed by atoms with E-state index in [4.69, 9.17) is 5.73 Å². The van der Waals surface area contributed by atoms with Gasteiger partial charge in [-0.3, -0.25) is 4.98 Å². The highest BCUT2D eigenvalue weighted by atomic mass is 14.7. The van der Waals surface area contributed by atoms with Crippen molar-refractivity contribution in [3.63, 3.8) is 0 Å². The first kappa shape index (κ1) is 9.97. The Kier molecular flexibility index (Phi) is 2.14. The predicted molar refractivity (Wildman–Crippen MR) is 64.9 cm³/mol. The minimum absolute atomic E-state index is 0.0398. The van der Waals surface area contributed by atoms with E-state index in [1.165, 1.54) is 0 Å². The smallest absolute Gasteiger partial charge is 0.0726 e. The van der Waals surface area contributed by atoms with Crippen LogP contribution in [0.3, 0.4) is 0 Å². The Bertz CT molecular complexity index is 495. The Labute approximate surface area is 90.1 Å². The van der Waals surface area contributed by atoms with E-state index >= 15 is 0 Å². The van der Waals surface area contributed by atoms with Gasteiger partial charge >= 0.3 is 0 Å². The van der Waals surface area contributed by atoms with Gasteiger partial charge in [-0.1, -0.05) is 39.0 Å². The Balaban J connectivity index is 2.73. The number of pyridine rings is 1. The normalized spacial score (nSPS) is 11.9. The van der Waals surface area contributed by atoms with E-state index in [0.717, 1.165) is 22.3 Å². The first-order chi connectivity index (χ1) is 6.98. The summed E-state index contributed by atoms with van der Waals surface area (Å²) in [6.45, 7) is 6.43. The highest BCUT2D eigenvalue weighted by Crippen LogP contribution is 2.27. The van der Waals surface area contributed by atoms with E-state index in [1.54, 1.807) is 0 Å². The molecule has 0 aliphatic heterocycles. The Morgan fingerprint density at radius 3 is 2.47 bits per heavy atom. The van der Waals surface area contributed by atoms with Crippen molar-refractivity contribution in [2.45, 2.75) is 26.2 Å². The number of para-hydroxylation sites is 1. The number of benzene rings is 1. The molecule has 2 N–H and O–H groups in total. The van der Waals surface area contributed by atoms with E-state index in [1.807, 2.05) is 30.3 Å². The summed E-state index contributed by atoms with van der Waals surface area (Å²) in [6, 6.07) is 9.95. The van der Waals surface area contributed by atoms with Gasteiger partial charge in [0, 0.05) is 22.2 Å². The minimum Gasteiger partial charge on any atom is -0.398 e. The maximum absolute atomic E-state index is 6.01. The molecule has 0 atom stereocenters. The fourth-order valence-corrected chi connectivity index (χ4v) is 1.59. The van der Waals surface area contributed by atoms with E-state index in [2.05, 4.69) is 25.8 Å². The lowest BCUT2D eigenvalue weighted by atomic mass is 9.91. The molecule has 1 heterocycles. The number of nitrogen functional groups attached to an aromatic ring is 1. The molecule has 2 nitrogen and oxygen atoms in total. The van der Waals surface area contributed by atoms with Crippen LogP contribution < -0.4 is 5.73 Å². The molecular weight excluding hydrogens is 184 g/mol. The van der Waals surface area contributed by atoms with Crippen molar-refractivity contribution in [2.24, 2.45) is 0 Å². The molecule has 2 aromatic rings. The summed E-state index contributed by atoms with van der Waals surface area (Å²) in [7, 11) is 0. The van der Waals surface area contributed by atoms with Gasteiger partial charge in [-0.05, 0) is 12.1 Å². The number of hydrogen-bond acceptors (Lipinski definition) is 2. The number of hydrogen-bond donors (Lipinski definition) is 1. The molecule has 1 aromatic heterocycles. The Morgan fingerprint density at radius 1 is 1.13 bits per heavy atom. The largest absolute Gasteiger partial charge is 0.398 e. The van der Waals surface area contributed by atoms with Crippen LogP contribution >= 0.6 is 0 Å². The molecular formula is C13H16N2. The average Bonchev–Trinajstić information content (AvgIpc) is 2.16. The molecule has 15 heavy (non-hydrogen) atoms. The molecule has 2 rings (SSSR count). The molecule has 0 bridgehead atoms. The summed E-state index contributed by atoms with van der Waals surface area (Å²) in [6.07, 6.45) is 0. The van der Waals surface area contributed by atoms with E-state index < -0.39 is 0 Å². The van der Waals surface area contributed by atoms with Crippen LogP contribution in [0.15, 0.2) is 30.3 Å². The average molecular weight is 200 g/mol. The Morgan fingerprint density at radius 2 is 1.80 bits per heavy atom. The van der Waals surface area contributed by atoms with Gasteiger partial charge in [0.2, 0.25) is 0 Å². The number of fused-ring (bicyclic) bond motifs is 1. The molecule has 0 saturated carbocycles. The summed E-state index contributed by atoms with van der Waals surface area (Å²) < 4.78 is 0. The van der Waals surface area contributed by atoms with Crippen molar-refractivity contribution in [1.29, 1.82) is 0 Å². The molecule has 0 aliphatic rings. The highest BCUT2D eigenvalue weighted by Gasteiger charge is 2.16. The highest BCUT2D eigenvalue weighted by molar-refractivity contribution is 5.90. The van der Waals surface area contributed by atoms with Crippen molar-refractivity contribution >= 4 is 16.6 Å². The monoisotopic (exact) mass is 200 g/mol. The molecule has 78 valence electrons. The number of rotatable bonds is 0. The molecule has 1 aromatic carbocycles. The maximum atomic E-state index is 6.01. The molecule has 0 saturated heterocycles. The lowest BCUT2D eigenvalue weighted by Gasteiger charge is -2.18. The van der Waals surface area contributed by atoms with Crippen LogP contribution in [-0.2, 0) is 5.41 Å². The molecule has 0 spiro atoms. The fraction of sp³-hybridized carbons (Fsp3) is 0.308. The predicted octanol–water partition coefficient (Wildman–Crippen LogP) is 3.11. The lowest BCUT2D eigenvalue weighted by molar-refractivity contribution is 0.572. The van der Waals surface area contributed by atoms with Crippen LogP contribution in [-0.4, -0.2) is 4.98 Å². The second-order valence-electron chi connectivity index (χ2n) is 4.86. The molecule has 0 fully saturated rings. The second-order valence-corrected chi connectivity index (χ2v) is 4.86. The number of aromatic nitrogens is 1. The van der Waals surface area contributed by atoms with Crippen LogP contribution in [0.25, 0.3) is 10.9 Å². The zero-order valence-corrected chi connectivity index (χ0v) is 9.41. The number of nitrogens with two attached hydrogens (primary N) is 1.